The van der Waals surface area contributed by atoms with Gasteiger partial charge in [-0.25, -0.2) is 13.2 Å². The van der Waals surface area contributed by atoms with Crippen LogP contribution in [0.25, 0.3) is 0 Å². The quantitative estimate of drug-likeness (QED) is 0.824. The fourth-order valence-corrected chi connectivity index (χ4v) is 1.37. The number of nitrogens with zero attached hydrogens (tertiary/aromatic N) is 1. The maximum atomic E-state index is 13.3. The molecular formula is C11H8F3N3O. The average molecular weight is 255 g/mol. The van der Waals surface area contributed by atoms with Crippen molar-refractivity contribution in [2.24, 2.45) is 0 Å². The van der Waals surface area contributed by atoms with Gasteiger partial charge < -0.3 is 5.32 Å². The van der Waals surface area contributed by atoms with E-state index in [1.807, 2.05) is 0 Å². The van der Waals surface area contributed by atoms with Gasteiger partial charge in [0.15, 0.2) is 17.5 Å². The molecule has 0 bridgehead atoms. The van der Waals surface area contributed by atoms with Gasteiger partial charge in [0.1, 0.15) is 0 Å². The molecular weight excluding hydrogens is 247 g/mol. The van der Waals surface area contributed by atoms with Gasteiger partial charge in [0.2, 0.25) is 5.91 Å². The van der Waals surface area contributed by atoms with Crippen molar-refractivity contribution in [2.75, 3.05) is 5.32 Å². The first-order chi connectivity index (χ1) is 8.58. The van der Waals surface area contributed by atoms with Gasteiger partial charge in [-0.2, -0.15) is 5.10 Å². The Balaban J connectivity index is 2.10. The number of amides is 1. The number of hydrogen-bond acceptors (Lipinski definition) is 2. The Labute approximate surface area is 99.8 Å². The Morgan fingerprint density at radius 3 is 2.67 bits per heavy atom. The highest BCUT2D eigenvalue weighted by Gasteiger charge is 2.15. The molecule has 1 heterocycles. The van der Waals surface area contributed by atoms with Gasteiger partial charge in [-0.15, -0.1) is 0 Å². The zero-order valence-electron chi connectivity index (χ0n) is 9.01. The van der Waals surface area contributed by atoms with Crippen molar-refractivity contribution >= 4 is 11.6 Å². The van der Waals surface area contributed by atoms with E-state index in [9.17, 15) is 18.0 Å². The van der Waals surface area contributed by atoms with Gasteiger partial charge in [0, 0.05) is 11.9 Å². The number of rotatable bonds is 3. The van der Waals surface area contributed by atoms with E-state index in [1.54, 1.807) is 6.07 Å². The standard InChI is InChI=1S/C11H8F3N3O/c12-7-1-2-8(11(14)10(7)13)16-9(18)5-6-3-4-15-17-6/h1-4H,5H2,(H,15,17)(H,16,18). The molecule has 1 amide bonds. The molecule has 7 heteroatoms. The molecule has 2 rings (SSSR count). The lowest BCUT2D eigenvalue weighted by Crippen LogP contribution is -2.16. The predicted octanol–water partition coefficient (Wildman–Crippen LogP) is 2.01. The van der Waals surface area contributed by atoms with Crippen LogP contribution in [0.2, 0.25) is 0 Å². The molecule has 94 valence electrons. The lowest BCUT2D eigenvalue weighted by Gasteiger charge is -2.06. The molecule has 0 spiro atoms. The second-order valence-corrected chi connectivity index (χ2v) is 3.53. The lowest BCUT2D eigenvalue weighted by molar-refractivity contribution is -0.115. The van der Waals surface area contributed by atoms with Gasteiger partial charge in [0.05, 0.1) is 12.1 Å². The van der Waals surface area contributed by atoms with Crippen LogP contribution in [0.3, 0.4) is 0 Å². The van der Waals surface area contributed by atoms with Crippen molar-refractivity contribution in [2.45, 2.75) is 6.42 Å². The van der Waals surface area contributed by atoms with E-state index in [1.165, 1.54) is 6.20 Å². The number of anilines is 1. The van der Waals surface area contributed by atoms with Crippen LogP contribution in [0.1, 0.15) is 5.69 Å². The molecule has 18 heavy (non-hydrogen) atoms. The van der Waals surface area contributed by atoms with Crippen LogP contribution in [0, 0.1) is 17.5 Å². The molecule has 0 radical (unpaired) electrons. The topological polar surface area (TPSA) is 57.8 Å². The van der Waals surface area contributed by atoms with E-state index in [0.29, 0.717) is 5.69 Å². The number of aromatic nitrogens is 2. The SMILES string of the molecule is O=C(Cc1ccn[nH]1)Nc1ccc(F)c(F)c1F. The normalized spacial score (nSPS) is 10.4. The van der Waals surface area contributed by atoms with E-state index < -0.39 is 29.0 Å². The highest BCUT2D eigenvalue weighted by atomic mass is 19.2. The van der Waals surface area contributed by atoms with Crippen molar-refractivity contribution in [3.63, 3.8) is 0 Å². The first-order valence-electron chi connectivity index (χ1n) is 4.99. The molecule has 0 fully saturated rings. The molecule has 2 aromatic rings. The number of benzene rings is 1. The highest BCUT2D eigenvalue weighted by Crippen LogP contribution is 2.19. The average Bonchev–Trinajstić information content (AvgIpc) is 2.83. The van der Waals surface area contributed by atoms with Crippen LogP contribution in [-0.4, -0.2) is 16.1 Å². The minimum Gasteiger partial charge on any atom is -0.323 e. The van der Waals surface area contributed by atoms with E-state index in [0.717, 1.165) is 12.1 Å². The Morgan fingerprint density at radius 2 is 2.00 bits per heavy atom. The largest absolute Gasteiger partial charge is 0.323 e. The van der Waals surface area contributed by atoms with Crippen LogP contribution >= 0.6 is 0 Å². The summed E-state index contributed by atoms with van der Waals surface area (Å²) < 4.78 is 38.8. The summed E-state index contributed by atoms with van der Waals surface area (Å²) in [6, 6.07) is 3.27. The summed E-state index contributed by atoms with van der Waals surface area (Å²) in [5.74, 6) is -4.91. The fourth-order valence-electron chi connectivity index (χ4n) is 1.37. The molecule has 0 atom stereocenters. The third-order valence-corrected chi connectivity index (χ3v) is 2.22. The number of hydrogen-bond donors (Lipinski definition) is 2. The molecule has 0 aliphatic carbocycles. The van der Waals surface area contributed by atoms with Crippen LogP contribution in [0.5, 0.6) is 0 Å². The number of carbonyl (C=O) groups is 1. The first-order valence-corrected chi connectivity index (χ1v) is 4.99. The van der Waals surface area contributed by atoms with Crippen molar-refractivity contribution in [3.05, 3.63) is 47.5 Å². The third-order valence-electron chi connectivity index (χ3n) is 2.22. The fraction of sp³-hybridized carbons (Fsp3) is 0.0909. The second-order valence-electron chi connectivity index (χ2n) is 3.53. The zero-order valence-corrected chi connectivity index (χ0v) is 9.01. The molecule has 1 aromatic heterocycles. The van der Waals surface area contributed by atoms with Gasteiger partial charge in [0.25, 0.3) is 0 Å². The third kappa shape index (κ3) is 2.50. The van der Waals surface area contributed by atoms with Gasteiger partial charge in [-0.1, -0.05) is 0 Å². The van der Waals surface area contributed by atoms with Crippen LogP contribution in [-0.2, 0) is 11.2 Å². The summed E-state index contributed by atoms with van der Waals surface area (Å²) in [6.45, 7) is 0. The minimum absolute atomic E-state index is 0.0710. The minimum atomic E-state index is -1.62. The molecule has 0 unspecified atom stereocenters. The Morgan fingerprint density at radius 1 is 1.22 bits per heavy atom. The summed E-state index contributed by atoms with van der Waals surface area (Å²) in [7, 11) is 0. The Kier molecular flexibility index (Phi) is 3.31. The highest BCUT2D eigenvalue weighted by molar-refractivity contribution is 5.92. The Hall–Kier alpha value is -2.31. The summed E-state index contributed by atoms with van der Waals surface area (Å²) >= 11 is 0. The molecule has 0 aliphatic rings. The van der Waals surface area contributed by atoms with Crippen LogP contribution < -0.4 is 5.32 Å². The molecule has 0 aliphatic heterocycles. The van der Waals surface area contributed by atoms with E-state index in [2.05, 4.69) is 15.5 Å². The van der Waals surface area contributed by atoms with Crippen molar-refractivity contribution in [3.8, 4) is 0 Å². The summed E-state index contributed by atoms with van der Waals surface area (Å²) in [4.78, 5) is 11.5. The number of halogens is 3. The van der Waals surface area contributed by atoms with Crippen molar-refractivity contribution in [1.29, 1.82) is 0 Å². The smallest absolute Gasteiger partial charge is 0.230 e. The molecule has 1 aromatic carbocycles. The van der Waals surface area contributed by atoms with Gasteiger partial charge in [-0.05, 0) is 18.2 Å². The monoisotopic (exact) mass is 255 g/mol. The summed E-state index contributed by atoms with van der Waals surface area (Å²) in [6.07, 6.45) is 1.39. The van der Waals surface area contributed by atoms with Crippen LogP contribution in [0.15, 0.2) is 24.4 Å². The van der Waals surface area contributed by atoms with Gasteiger partial charge >= 0.3 is 0 Å². The molecule has 2 N–H and O–H groups in total. The maximum absolute atomic E-state index is 13.3. The molecule has 4 nitrogen and oxygen atoms in total. The van der Waals surface area contributed by atoms with E-state index in [4.69, 9.17) is 0 Å². The summed E-state index contributed by atoms with van der Waals surface area (Å²) in [5, 5.41) is 8.34. The lowest BCUT2D eigenvalue weighted by atomic mass is 10.2. The predicted molar refractivity (Wildman–Crippen MR) is 57.2 cm³/mol. The maximum Gasteiger partial charge on any atom is 0.230 e. The first kappa shape index (κ1) is 12.2. The van der Waals surface area contributed by atoms with E-state index >= 15 is 0 Å². The number of H-pyrrole nitrogens is 1. The van der Waals surface area contributed by atoms with Crippen molar-refractivity contribution in [1.82, 2.24) is 10.2 Å². The Bertz CT molecular complexity index is 569. The number of aromatic amines is 1. The van der Waals surface area contributed by atoms with Gasteiger partial charge in [-0.3, -0.25) is 9.89 Å². The molecule has 0 saturated heterocycles. The van der Waals surface area contributed by atoms with E-state index in [-0.39, 0.29) is 6.42 Å². The second kappa shape index (κ2) is 4.91. The van der Waals surface area contributed by atoms with Crippen LogP contribution in [0.4, 0.5) is 18.9 Å². The number of carbonyl (C=O) groups excluding carboxylic acids is 1. The summed E-state index contributed by atoms with van der Waals surface area (Å²) in [5.41, 5.74) is 0.119. The molecule has 0 saturated carbocycles. The zero-order chi connectivity index (χ0) is 13.1. The van der Waals surface area contributed by atoms with Crippen molar-refractivity contribution < 1.29 is 18.0 Å². The number of nitrogens with one attached hydrogen (secondary N) is 2.